The number of halogens is 1. The Morgan fingerprint density at radius 1 is 1.09 bits per heavy atom. The van der Waals surface area contributed by atoms with E-state index in [0.29, 0.717) is 6.42 Å². The number of hydrogen-bond donors (Lipinski definition) is 1. The molecule has 2 aromatic rings. The molecular weight excluding hydrogens is 342 g/mol. The van der Waals surface area contributed by atoms with Crippen molar-refractivity contribution in [3.8, 4) is 5.75 Å². The van der Waals surface area contributed by atoms with Gasteiger partial charge in [-0.3, -0.25) is 4.79 Å². The van der Waals surface area contributed by atoms with Gasteiger partial charge < -0.3 is 10.1 Å². The molecule has 0 heterocycles. The summed E-state index contributed by atoms with van der Waals surface area (Å²) in [7, 11) is 1.64. The smallest absolute Gasteiger partial charge is 0.225 e. The van der Waals surface area contributed by atoms with Crippen LogP contribution < -0.4 is 10.1 Å². The minimum absolute atomic E-state index is 0.00291. The van der Waals surface area contributed by atoms with Gasteiger partial charge in [0.05, 0.1) is 19.1 Å². The Hall–Kier alpha value is -1.81. The number of benzene rings is 2. The van der Waals surface area contributed by atoms with Crippen LogP contribution in [0.25, 0.3) is 0 Å². The average molecular weight is 362 g/mol. The lowest BCUT2D eigenvalue weighted by Crippen LogP contribution is -2.41. The minimum atomic E-state index is -0.432. The van der Waals surface area contributed by atoms with E-state index in [1.165, 1.54) is 0 Å². The fraction of sp³-hybridized carbons (Fsp3) is 0.278. The molecule has 0 saturated heterocycles. The summed E-state index contributed by atoms with van der Waals surface area (Å²) in [6, 6.07) is 15.5. The van der Waals surface area contributed by atoms with Gasteiger partial charge in [0.1, 0.15) is 5.75 Å². The summed E-state index contributed by atoms with van der Waals surface area (Å²) in [5.41, 5.74) is 1.60. The van der Waals surface area contributed by atoms with Gasteiger partial charge in [-0.25, -0.2) is 0 Å². The second-order valence-electron chi connectivity index (χ2n) is 5.70. The minimum Gasteiger partial charge on any atom is -0.497 e. The van der Waals surface area contributed by atoms with Crippen LogP contribution in [0.2, 0.25) is 0 Å². The molecule has 0 radical (unpaired) electrons. The molecule has 0 saturated carbocycles. The van der Waals surface area contributed by atoms with Gasteiger partial charge in [0.2, 0.25) is 5.91 Å². The fourth-order valence-electron chi connectivity index (χ4n) is 2.26. The van der Waals surface area contributed by atoms with Crippen molar-refractivity contribution in [1.29, 1.82) is 0 Å². The van der Waals surface area contributed by atoms with E-state index in [0.717, 1.165) is 21.3 Å². The van der Waals surface area contributed by atoms with Crippen LogP contribution in [0.15, 0.2) is 53.0 Å². The van der Waals surface area contributed by atoms with Crippen molar-refractivity contribution in [2.45, 2.75) is 25.8 Å². The van der Waals surface area contributed by atoms with Crippen molar-refractivity contribution in [2.24, 2.45) is 0 Å². The Labute approximate surface area is 139 Å². The zero-order chi connectivity index (χ0) is 16.2. The first-order chi connectivity index (χ1) is 10.4. The molecule has 1 amide bonds. The first-order valence-electron chi connectivity index (χ1n) is 7.11. The van der Waals surface area contributed by atoms with Crippen molar-refractivity contribution in [3.63, 3.8) is 0 Å². The summed E-state index contributed by atoms with van der Waals surface area (Å²) in [4.78, 5) is 12.3. The Bertz CT molecular complexity index is 633. The highest BCUT2D eigenvalue weighted by Gasteiger charge is 2.22. The molecule has 0 aliphatic heterocycles. The summed E-state index contributed by atoms with van der Waals surface area (Å²) in [5.74, 6) is 0.809. The van der Waals surface area contributed by atoms with Crippen molar-refractivity contribution < 1.29 is 9.53 Å². The molecule has 0 atom stereocenters. The Morgan fingerprint density at radius 2 is 1.68 bits per heavy atom. The number of carbonyl (C=O) groups is 1. The normalized spacial score (nSPS) is 11.1. The molecular formula is C18H20BrNO2. The van der Waals surface area contributed by atoms with Gasteiger partial charge >= 0.3 is 0 Å². The third kappa shape index (κ3) is 4.34. The van der Waals surface area contributed by atoms with E-state index in [1.807, 2.05) is 62.4 Å². The third-order valence-corrected chi connectivity index (χ3v) is 4.07. The highest BCUT2D eigenvalue weighted by molar-refractivity contribution is 9.10. The van der Waals surface area contributed by atoms with Crippen molar-refractivity contribution >= 4 is 21.8 Å². The topological polar surface area (TPSA) is 38.3 Å². The van der Waals surface area contributed by atoms with Crippen LogP contribution in [0.3, 0.4) is 0 Å². The maximum absolute atomic E-state index is 12.3. The van der Waals surface area contributed by atoms with E-state index < -0.39 is 5.54 Å². The van der Waals surface area contributed by atoms with Gasteiger partial charge in [-0.1, -0.05) is 40.2 Å². The van der Waals surface area contributed by atoms with Crippen LogP contribution >= 0.6 is 15.9 Å². The summed E-state index contributed by atoms with van der Waals surface area (Å²) in [6.45, 7) is 3.99. The van der Waals surface area contributed by atoms with E-state index in [1.54, 1.807) is 7.11 Å². The molecule has 4 heteroatoms. The van der Waals surface area contributed by atoms with Gasteiger partial charge in [0, 0.05) is 4.47 Å². The molecule has 0 aliphatic rings. The molecule has 2 aromatic carbocycles. The average Bonchev–Trinajstić information content (AvgIpc) is 2.49. The predicted molar refractivity (Wildman–Crippen MR) is 92.0 cm³/mol. The molecule has 3 nitrogen and oxygen atoms in total. The number of ether oxygens (including phenoxy) is 1. The monoisotopic (exact) mass is 361 g/mol. The molecule has 1 N–H and O–H groups in total. The third-order valence-electron chi connectivity index (χ3n) is 3.54. The molecule has 0 bridgehead atoms. The van der Waals surface area contributed by atoms with Gasteiger partial charge in [-0.15, -0.1) is 0 Å². The van der Waals surface area contributed by atoms with E-state index >= 15 is 0 Å². The lowest BCUT2D eigenvalue weighted by molar-refractivity contribution is -0.122. The van der Waals surface area contributed by atoms with Gasteiger partial charge in [0.15, 0.2) is 0 Å². The largest absolute Gasteiger partial charge is 0.497 e. The van der Waals surface area contributed by atoms with Gasteiger partial charge in [-0.2, -0.15) is 0 Å². The number of amides is 1. The summed E-state index contributed by atoms with van der Waals surface area (Å²) in [6.07, 6.45) is 0.368. The maximum Gasteiger partial charge on any atom is 0.225 e. The fourth-order valence-corrected chi connectivity index (χ4v) is 2.52. The van der Waals surface area contributed by atoms with Crippen LogP contribution in [0.1, 0.15) is 25.0 Å². The zero-order valence-corrected chi connectivity index (χ0v) is 14.6. The molecule has 2 rings (SSSR count). The van der Waals surface area contributed by atoms with Crippen LogP contribution in [0, 0.1) is 0 Å². The molecule has 0 spiro atoms. The molecule has 0 aliphatic carbocycles. The van der Waals surface area contributed by atoms with E-state index in [9.17, 15) is 4.79 Å². The quantitative estimate of drug-likeness (QED) is 0.872. The SMILES string of the molecule is COc1ccc(C(C)(C)NC(=O)Cc2ccc(Br)cc2)cc1. The second-order valence-corrected chi connectivity index (χ2v) is 6.62. The molecule has 0 unspecified atom stereocenters. The Kier molecular flexibility index (Phi) is 5.24. The van der Waals surface area contributed by atoms with Crippen molar-refractivity contribution in [3.05, 3.63) is 64.1 Å². The standard InChI is InChI=1S/C18H20BrNO2/c1-18(2,14-6-10-16(22-3)11-7-14)20-17(21)12-13-4-8-15(19)9-5-13/h4-11H,12H2,1-3H3,(H,20,21). The number of nitrogens with one attached hydrogen (secondary N) is 1. The highest BCUT2D eigenvalue weighted by Crippen LogP contribution is 2.23. The van der Waals surface area contributed by atoms with Crippen LogP contribution in [0.5, 0.6) is 5.75 Å². The number of methoxy groups -OCH3 is 1. The van der Waals surface area contributed by atoms with E-state index in [-0.39, 0.29) is 5.91 Å². The van der Waals surface area contributed by atoms with E-state index in [4.69, 9.17) is 4.74 Å². The molecule has 22 heavy (non-hydrogen) atoms. The van der Waals surface area contributed by atoms with Gasteiger partial charge in [-0.05, 0) is 49.2 Å². The first-order valence-corrected chi connectivity index (χ1v) is 7.90. The zero-order valence-electron chi connectivity index (χ0n) is 13.0. The summed E-state index contributed by atoms with van der Waals surface area (Å²) in [5, 5.41) is 3.08. The predicted octanol–water partition coefficient (Wildman–Crippen LogP) is 4.05. The molecule has 0 fully saturated rings. The number of rotatable bonds is 5. The van der Waals surface area contributed by atoms with Crippen LogP contribution in [0.4, 0.5) is 0 Å². The number of hydrogen-bond acceptors (Lipinski definition) is 2. The molecule has 116 valence electrons. The Balaban J connectivity index is 2.03. The highest BCUT2D eigenvalue weighted by atomic mass is 79.9. The van der Waals surface area contributed by atoms with Crippen LogP contribution in [-0.2, 0) is 16.8 Å². The van der Waals surface area contributed by atoms with Crippen molar-refractivity contribution in [1.82, 2.24) is 5.32 Å². The summed E-state index contributed by atoms with van der Waals surface area (Å²) < 4.78 is 6.17. The van der Waals surface area contributed by atoms with Crippen molar-refractivity contribution in [2.75, 3.05) is 7.11 Å². The first kappa shape index (κ1) is 16.6. The van der Waals surface area contributed by atoms with Gasteiger partial charge in [0.25, 0.3) is 0 Å². The Morgan fingerprint density at radius 3 is 2.23 bits per heavy atom. The van der Waals surface area contributed by atoms with E-state index in [2.05, 4.69) is 21.2 Å². The summed E-state index contributed by atoms with van der Waals surface area (Å²) >= 11 is 3.39. The lowest BCUT2D eigenvalue weighted by Gasteiger charge is -2.27. The lowest BCUT2D eigenvalue weighted by atomic mass is 9.94. The number of carbonyl (C=O) groups excluding carboxylic acids is 1. The molecule has 0 aromatic heterocycles. The van der Waals surface area contributed by atoms with Crippen LogP contribution in [-0.4, -0.2) is 13.0 Å². The maximum atomic E-state index is 12.3. The second kappa shape index (κ2) is 6.97.